The van der Waals surface area contributed by atoms with Crippen molar-refractivity contribution in [1.82, 2.24) is 10.9 Å². The molecule has 2 rings (SSSR count). The molecule has 2 amide bonds. The lowest BCUT2D eigenvalue weighted by Gasteiger charge is -2.14. The first kappa shape index (κ1) is 24.4. The summed E-state index contributed by atoms with van der Waals surface area (Å²) in [5.74, 6) is -0.912. The number of hydrogen-bond donors (Lipinski definition) is 3. The van der Waals surface area contributed by atoms with E-state index >= 15 is 0 Å². The summed E-state index contributed by atoms with van der Waals surface area (Å²) in [5.41, 5.74) is 6.75. The molecule has 0 aliphatic rings. The topological polar surface area (TPSA) is 106 Å². The summed E-state index contributed by atoms with van der Waals surface area (Å²) in [4.78, 5) is 36.0. The first-order chi connectivity index (χ1) is 14.7. The van der Waals surface area contributed by atoms with E-state index in [0.29, 0.717) is 15.9 Å². The fourth-order valence-corrected chi connectivity index (χ4v) is 3.50. The Balaban J connectivity index is 1.80. The van der Waals surface area contributed by atoms with Gasteiger partial charge in [-0.25, -0.2) is 4.79 Å². The van der Waals surface area contributed by atoms with Crippen molar-refractivity contribution in [2.45, 2.75) is 13.3 Å². The largest absolute Gasteiger partial charge is 0.483 e. The molecule has 0 aliphatic heterocycles. The molecule has 0 atom stereocenters. The lowest BCUT2D eigenvalue weighted by molar-refractivity contribution is -0.124. The summed E-state index contributed by atoms with van der Waals surface area (Å²) >= 11 is 6.79. The van der Waals surface area contributed by atoms with Gasteiger partial charge >= 0.3 is 5.97 Å². The van der Waals surface area contributed by atoms with Crippen molar-refractivity contribution in [1.29, 1.82) is 0 Å². The van der Waals surface area contributed by atoms with Gasteiger partial charge in [0.05, 0.1) is 29.3 Å². The molecule has 0 spiro atoms. The van der Waals surface area contributed by atoms with Crippen LogP contribution in [0.25, 0.3) is 0 Å². The number of anilines is 1. The molecule has 0 aliphatic carbocycles. The number of aryl methyl sites for hydroxylation is 1. The van der Waals surface area contributed by atoms with Crippen molar-refractivity contribution in [2.24, 2.45) is 0 Å². The Morgan fingerprint density at radius 1 is 1.03 bits per heavy atom. The van der Waals surface area contributed by atoms with Gasteiger partial charge in [-0.1, -0.05) is 34.6 Å². The Morgan fingerprint density at radius 2 is 1.74 bits per heavy atom. The van der Waals surface area contributed by atoms with Gasteiger partial charge in [0.1, 0.15) is 5.75 Å². The van der Waals surface area contributed by atoms with Gasteiger partial charge in [0.15, 0.2) is 6.61 Å². The third-order valence-corrected chi connectivity index (χ3v) is 5.41. The van der Waals surface area contributed by atoms with E-state index in [1.54, 1.807) is 30.3 Å². The Hall–Kier alpha value is -2.85. The molecule has 10 heteroatoms. The van der Waals surface area contributed by atoms with Crippen molar-refractivity contribution in [3.8, 4) is 5.75 Å². The van der Waals surface area contributed by atoms with Gasteiger partial charge in [0, 0.05) is 10.2 Å². The van der Waals surface area contributed by atoms with Crippen LogP contribution >= 0.6 is 31.9 Å². The Labute approximate surface area is 196 Å². The van der Waals surface area contributed by atoms with E-state index in [-0.39, 0.29) is 24.3 Å². The van der Waals surface area contributed by atoms with E-state index in [1.807, 2.05) is 13.0 Å². The number of hydrogen-bond acceptors (Lipinski definition) is 6. The van der Waals surface area contributed by atoms with Crippen LogP contribution in [0.3, 0.4) is 0 Å². The van der Waals surface area contributed by atoms with E-state index < -0.39 is 17.8 Å². The minimum Gasteiger partial charge on any atom is -0.483 e. The first-order valence-electron chi connectivity index (χ1n) is 8.99. The third kappa shape index (κ3) is 7.41. The smallest absolute Gasteiger partial charge is 0.339 e. The number of carbonyl (C=O) groups is 3. The number of halogens is 2. The zero-order valence-corrected chi connectivity index (χ0v) is 20.1. The number of hydrazine groups is 1. The Morgan fingerprint density at radius 3 is 2.45 bits per heavy atom. The maximum Gasteiger partial charge on any atom is 0.339 e. The summed E-state index contributed by atoms with van der Waals surface area (Å²) in [6.07, 6.45) is -0.131. The summed E-state index contributed by atoms with van der Waals surface area (Å²) in [6, 6.07) is 10.1. The van der Waals surface area contributed by atoms with Crippen molar-refractivity contribution >= 4 is 55.3 Å². The molecule has 2 aromatic rings. The van der Waals surface area contributed by atoms with Crippen LogP contribution in [-0.2, 0) is 14.3 Å². The van der Waals surface area contributed by atoms with E-state index in [2.05, 4.69) is 54.6 Å². The number of ether oxygens (including phenoxy) is 2. The normalized spacial score (nSPS) is 10.1. The number of amides is 2. The first-order valence-corrected chi connectivity index (χ1v) is 10.6. The fraction of sp³-hybridized carbons (Fsp3) is 0.190. The van der Waals surface area contributed by atoms with Gasteiger partial charge in [-0.3, -0.25) is 15.0 Å². The molecule has 8 nitrogen and oxygen atoms in total. The molecule has 0 fully saturated rings. The van der Waals surface area contributed by atoms with E-state index in [4.69, 9.17) is 9.47 Å². The van der Waals surface area contributed by atoms with Crippen LogP contribution in [0.1, 0.15) is 22.3 Å². The number of methoxy groups -OCH3 is 1. The molecule has 0 aromatic heterocycles. The molecule has 31 heavy (non-hydrogen) atoms. The molecule has 0 saturated carbocycles. The number of carbonyl (C=O) groups excluding carboxylic acids is 3. The molecule has 0 radical (unpaired) electrons. The average molecular weight is 555 g/mol. The van der Waals surface area contributed by atoms with E-state index in [0.717, 1.165) is 10.0 Å². The average Bonchev–Trinajstić information content (AvgIpc) is 2.73. The maximum atomic E-state index is 12.2. The van der Waals surface area contributed by atoms with Crippen LogP contribution in [-0.4, -0.2) is 31.5 Å². The Bertz CT molecular complexity index is 1010. The SMILES string of the molecule is C=C(CC(=O)Nc1ccccc1C(=O)OC)NNC(=O)COc1cc(C)c(Br)cc1Br. The third-order valence-electron chi connectivity index (χ3n) is 3.93. The van der Waals surface area contributed by atoms with Crippen LogP contribution in [0.5, 0.6) is 5.75 Å². The predicted octanol–water partition coefficient (Wildman–Crippen LogP) is 3.85. The lowest BCUT2D eigenvalue weighted by atomic mass is 10.1. The van der Waals surface area contributed by atoms with Crippen LogP contribution in [0.4, 0.5) is 5.69 Å². The zero-order chi connectivity index (χ0) is 23.0. The summed E-state index contributed by atoms with van der Waals surface area (Å²) in [7, 11) is 1.26. The van der Waals surface area contributed by atoms with E-state index in [1.165, 1.54) is 7.11 Å². The quantitative estimate of drug-likeness (QED) is 0.321. The summed E-state index contributed by atoms with van der Waals surface area (Å²) in [5, 5.41) is 2.62. The monoisotopic (exact) mass is 553 g/mol. The van der Waals surface area contributed by atoms with Crippen molar-refractivity contribution in [3.05, 3.63) is 68.7 Å². The molecule has 2 aromatic carbocycles. The molecule has 0 saturated heterocycles. The summed E-state index contributed by atoms with van der Waals surface area (Å²) < 4.78 is 11.8. The number of rotatable bonds is 9. The Kier molecular flexibility index (Phi) is 9.07. The molecular formula is C21H21Br2N3O5. The van der Waals surface area contributed by atoms with Crippen LogP contribution in [0.15, 0.2) is 57.6 Å². The zero-order valence-electron chi connectivity index (χ0n) is 16.9. The van der Waals surface area contributed by atoms with Gasteiger partial charge < -0.3 is 20.2 Å². The van der Waals surface area contributed by atoms with Gasteiger partial charge in [-0.2, -0.15) is 0 Å². The highest BCUT2D eigenvalue weighted by atomic mass is 79.9. The highest BCUT2D eigenvalue weighted by Crippen LogP contribution is 2.31. The molecule has 164 valence electrons. The highest BCUT2D eigenvalue weighted by Gasteiger charge is 2.14. The number of esters is 1. The van der Waals surface area contributed by atoms with Gasteiger partial charge in [0.25, 0.3) is 5.91 Å². The standard InChI is InChI=1S/C21H21Br2N3O5/c1-12-8-18(16(23)10-15(12)22)31-11-20(28)26-25-13(2)9-19(27)24-17-7-5-4-6-14(17)21(29)30-3/h4-8,10,25H,2,9,11H2,1,3H3,(H,24,27)(H,26,28). The molecule has 0 unspecified atom stereocenters. The molecule has 0 heterocycles. The summed E-state index contributed by atoms with van der Waals surface area (Å²) in [6.45, 7) is 5.37. The van der Waals surface area contributed by atoms with Crippen LogP contribution in [0.2, 0.25) is 0 Å². The maximum absolute atomic E-state index is 12.2. The van der Waals surface area contributed by atoms with Crippen molar-refractivity contribution < 1.29 is 23.9 Å². The molecular weight excluding hydrogens is 534 g/mol. The number of para-hydroxylation sites is 1. The fourth-order valence-electron chi connectivity index (χ4n) is 2.39. The number of nitrogens with one attached hydrogen (secondary N) is 3. The highest BCUT2D eigenvalue weighted by molar-refractivity contribution is 9.11. The van der Waals surface area contributed by atoms with Crippen LogP contribution < -0.4 is 20.9 Å². The number of benzene rings is 2. The minimum absolute atomic E-state index is 0.131. The van der Waals surface area contributed by atoms with Crippen LogP contribution in [0, 0.1) is 6.92 Å². The lowest BCUT2D eigenvalue weighted by Crippen LogP contribution is -2.40. The minimum atomic E-state index is -0.562. The second-order valence-electron chi connectivity index (χ2n) is 6.36. The van der Waals surface area contributed by atoms with Crippen molar-refractivity contribution in [2.75, 3.05) is 19.0 Å². The van der Waals surface area contributed by atoms with Gasteiger partial charge in [0.2, 0.25) is 5.91 Å². The van der Waals surface area contributed by atoms with E-state index in [9.17, 15) is 14.4 Å². The van der Waals surface area contributed by atoms with Gasteiger partial charge in [-0.05, 0) is 52.7 Å². The molecule has 0 bridgehead atoms. The second-order valence-corrected chi connectivity index (χ2v) is 8.07. The second kappa shape index (κ2) is 11.5. The predicted molar refractivity (Wildman–Crippen MR) is 124 cm³/mol. The molecule has 3 N–H and O–H groups in total. The van der Waals surface area contributed by atoms with Crippen molar-refractivity contribution in [3.63, 3.8) is 0 Å². The van der Waals surface area contributed by atoms with Gasteiger partial charge in [-0.15, -0.1) is 0 Å².